The molecule has 2 aromatic heterocycles. The monoisotopic (exact) mass is 606 g/mol. The first kappa shape index (κ1) is 29.5. The molecule has 0 radical (unpaired) electrons. The summed E-state index contributed by atoms with van der Waals surface area (Å²) >= 11 is 0. The molecule has 45 heavy (non-hydrogen) atoms. The Morgan fingerprint density at radius 1 is 0.867 bits per heavy atom. The summed E-state index contributed by atoms with van der Waals surface area (Å²) in [4.78, 5) is 11.1. The molecular formula is C35H38N6O4. The number of ether oxygens (including phenoxy) is 2. The van der Waals surface area contributed by atoms with Gasteiger partial charge in [-0.3, -0.25) is 4.90 Å². The molecule has 5 aromatic rings. The van der Waals surface area contributed by atoms with E-state index in [9.17, 15) is 0 Å². The number of aryl methyl sites for hydroxylation is 1. The second-order valence-corrected chi connectivity index (χ2v) is 11.9. The van der Waals surface area contributed by atoms with Gasteiger partial charge in [-0.25, -0.2) is 0 Å². The smallest absolute Gasteiger partial charge is 0.257 e. The fourth-order valence-corrected chi connectivity index (χ4v) is 6.34. The van der Waals surface area contributed by atoms with Gasteiger partial charge in [-0.1, -0.05) is 77.0 Å². The number of hydrogen-bond acceptors (Lipinski definition) is 10. The van der Waals surface area contributed by atoms with Crippen molar-refractivity contribution >= 4 is 0 Å². The van der Waals surface area contributed by atoms with Gasteiger partial charge < -0.3 is 23.8 Å². The predicted octanol–water partition coefficient (Wildman–Crippen LogP) is 5.76. The van der Waals surface area contributed by atoms with E-state index in [0.717, 1.165) is 49.3 Å². The topological polar surface area (TPSA) is 112 Å². The average Bonchev–Trinajstić information content (AvgIpc) is 3.65. The summed E-state index contributed by atoms with van der Waals surface area (Å²) in [7, 11) is 0. The number of hydrogen-bond donors (Lipinski definition) is 1. The van der Waals surface area contributed by atoms with E-state index in [2.05, 4.69) is 92.0 Å². The lowest BCUT2D eigenvalue weighted by Gasteiger charge is -2.33. The molecule has 4 heterocycles. The van der Waals surface area contributed by atoms with Crippen LogP contribution in [-0.4, -0.2) is 70.2 Å². The Labute approximate surface area is 262 Å². The molecule has 5 unspecified atom stereocenters. The largest absolute Gasteiger partial charge is 0.373 e. The molecular weight excluding hydrogens is 568 g/mol. The summed E-state index contributed by atoms with van der Waals surface area (Å²) in [6.45, 7) is 7.93. The zero-order chi connectivity index (χ0) is 30.6. The summed E-state index contributed by atoms with van der Waals surface area (Å²) in [5.74, 6) is 1.88. The van der Waals surface area contributed by atoms with Crippen molar-refractivity contribution in [3.63, 3.8) is 0 Å². The van der Waals surface area contributed by atoms with Gasteiger partial charge >= 0.3 is 0 Å². The quantitative estimate of drug-likeness (QED) is 0.245. The molecule has 0 spiro atoms. The maximum atomic E-state index is 6.98. The summed E-state index contributed by atoms with van der Waals surface area (Å²) < 4.78 is 24.1. The van der Waals surface area contributed by atoms with Crippen LogP contribution in [-0.2, 0) is 9.47 Å². The van der Waals surface area contributed by atoms with Crippen LogP contribution < -0.4 is 5.32 Å². The zero-order valence-corrected chi connectivity index (χ0v) is 25.6. The first-order valence-electron chi connectivity index (χ1n) is 15.6. The highest BCUT2D eigenvalue weighted by Gasteiger charge is 2.35. The SMILES string of the molecule is Cc1nc(-c2ccc(C3CCN(C(C)c4ccccc4)CC(C4CNCC(c5ccc(-c6ncno6)cc5)CO4)O3)cc2)no1. The summed E-state index contributed by atoms with van der Waals surface area (Å²) in [6.07, 6.45) is 2.02. The highest BCUT2D eigenvalue weighted by Crippen LogP contribution is 2.33. The fourth-order valence-electron chi connectivity index (χ4n) is 6.34. The number of rotatable bonds is 7. The minimum absolute atomic E-state index is 0.0658. The van der Waals surface area contributed by atoms with Crippen LogP contribution in [0.4, 0.5) is 0 Å². The minimum Gasteiger partial charge on any atom is -0.373 e. The molecule has 0 aliphatic carbocycles. The van der Waals surface area contributed by atoms with E-state index in [0.29, 0.717) is 24.2 Å². The van der Waals surface area contributed by atoms with Crippen LogP contribution in [0.1, 0.15) is 54.0 Å². The summed E-state index contributed by atoms with van der Waals surface area (Å²) in [6, 6.07) is 27.6. The van der Waals surface area contributed by atoms with Gasteiger partial charge in [0.15, 0.2) is 6.33 Å². The van der Waals surface area contributed by atoms with Crippen molar-refractivity contribution in [1.29, 1.82) is 0 Å². The van der Waals surface area contributed by atoms with Gasteiger partial charge in [0.1, 0.15) is 0 Å². The molecule has 7 rings (SSSR count). The lowest BCUT2D eigenvalue weighted by atomic mass is 9.99. The Kier molecular flexibility index (Phi) is 8.79. The van der Waals surface area contributed by atoms with Gasteiger partial charge in [-0.05, 0) is 42.2 Å². The van der Waals surface area contributed by atoms with E-state index < -0.39 is 0 Å². The Bertz CT molecular complexity index is 1640. The van der Waals surface area contributed by atoms with Crippen LogP contribution in [0.2, 0.25) is 0 Å². The summed E-state index contributed by atoms with van der Waals surface area (Å²) in [5.41, 5.74) is 5.48. The molecule has 1 N–H and O–H groups in total. The first-order chi connectivity index (χ1) is 22.1. The average molecular weight is 607 g/mol. The number of nitrogens with zero attached hydrogens (tertiary/aromatic N) is 5. The molecule has 2 aliphatic heterocycles. The van der Waals surface area contributed by atoms with Gasteiger partial charge in [-0.15, -0.1) is 0 Å². The highest BCUT2D eigenvalue weighted by molar-refractivity contribution is 5.55. The third-order valence-corrected chi connectivity index (χ3v) is 8.98. The first-order valence-corrected chi connectivity index (χ1v) is 15.6. The molecule has 0 bridgehead atoms. The third kappa shape index (κ3) is 6.74. The van der Waals surface area contributed by atoms with E-state index in [4.69, 9.17) is 18.5 Å². The molecule has 10 heteroatoms. The lowest BCUT2D eigenvalue weighted by molar-refractivity contribution is -0.0979. The molecule has 5 atom stereocenters. The molecule has 0 amide bonds. The zero-order valence-electron chi connectivity index (χ0n) is 25.6. The predicted molar refractivity (Wildman–Crippen MR) is 168 cm³/mol. The van der Waals surface area contributed by atoms with Gasteiger partial charge in [0.2, 0.25) is 11.7 Å². The Balaban J connectivity index is 1.09. The number of benzene rings is 3. The Hall–Kier alpha value is -4.22. The van der Waals surface area contributed by atoms with Crippen molar-refractivity contribution in [3.05, 3.63) is 108 Å². The molecule has 2 fully saturated rings. The van der Waals surface area contributed by atoms with Crippen molar-refractivity contribution in [2.24, 2.45) is 0 Å². The summed E-state index contributed by atoms with van der Waals surface area (Å²) in [5, 5.41) is 11.5. The second kappa shape index (κ2) is 13.4. The van der Waals surface area contributed by atoms with E-state index >= 15 is 0 Å². The van der Waals surface area contributed by atoms with Gasteiger partial charge in [0, 0.05) is 56.2 Å². The molecule has 10 nitrogen and oxygen atoms in total. The van der Waals surface area contributed by atoms with Gasteiger partial charge in [0.25, 0.3) is 5.89 Å². The van der Waals surface area contributed by atoms with Crippen LogP contribution in [0.3, 0.4) is 0 Å². The third-order valence-electron chi connectivity index (χ3n) is 8.98. The molecule has 2 aliphatic rings. The second-order valence-electron chi connectivity index (χ2n) is 11.9. The normalized spacial score (nSPS) is 23.7. The fraction of sp³-hybridized carbons (Fsp3) is 0.371. The van der Waals surface area contributed by atoms with Crippen LogP contribution >= 0.6 is 0 Å². The Morgan fingerprint density at radius 3 is 2.38 bits per heavy atom. The Morgan fingerprint density at radius 2 is 1.64 bits per heavy atom. The number of aromatic nitrogens is 4. The van der Waals surface area contributed by atoms with Crippen molar-refractivity contribution in [2.45, 2.75) is 50.5 Å². The molecule has 0 saturated carbocycles. The van der Waals surface area contributed by atoms with Crippen LogP contribution in [0.5, 0.6) is 0 Å². The van der Waals surface area contributed by atoms with E-state index in [1.807, 2.05) is 24.3 Å². The standard InChI is InChI=1S/C35H38N6O4/c1-23(25-6-4-3-5-7-25)41-17-16-31(27-10-12-28(13-11-27)34-39-24(2)44-40-34)43-33(20-41)32-19-36-18-30(21-42-32)26-8-14-29(15-9-26)35-37-22-38-45-35/h3-15,22-23,30-33,36H,16-21H2,1-2H3. The highest BCUT2D eigenvalue weighted by atomic mass is 16.5. The van der Waals surface area contributed by atoms with E-state index in [1.54, 1.807) is 6.92 Å². The number of nitrogens with one attached hydrogen (secondary N) is 1. The van der Waals surface area contributed by atoms with Crippen LogP contribution in [0.15, 0.2) is 94.2 Å². The van der Waals surface area contributed by atoms with Crippen LogP contribution in [0, 0.1) is 6.92 Å². The molecule has 232 valence electrons. The van der Waals surface area contributed by atoms with Crippen molar-refractivity contribution in [3.8, 4) is 22.8 Å². The van der Waals surface area contributed by atoms with Gasteiger partial charge in [-0.2, -0.15) is 9.97 Å². The van der Waals surface area contributed by atoms with Crippen molar-refractivity contribution < 1.29 is 18.5 Å². The van der Waals surface area contributed by atoms with Gasteiger partial charge in [0.05, 0.1) is 24.9 Å². The van der Waals surface area contributed by atoms with Crippen molar-refractivity contribution in [2.75, 3.05) is 32.8 Å². The lowest BCUT2D eigenvalue weighted by Crippen LogP contribution is -2.45. The minimum atomic E-state index is -0.116. The maximum absolute atomic E-state index is 6.98. The van der Waals surface area contributed by atoms with Crippen LogP contribution in [0.25, 0.3) is 22.8 Å². The molecule has 3 aromatic carbocycles. The van der Waals surface area contributed by atoms with E-state index in [1.165, 1.54) is 17.5 Å². The maximum Gasteiger partial charge on any atom is 0.257 e. The van der Waals surface area contributed by atoms with Crippen molar-refractivity contribution in [1.82, 2.24) is 30.5 Å². The van der Waals surface area contributed by atoms with E-state index in [-0.39, 0.29) is 30.3 Å². The molecule has 2 saturated heterocycles.